The first kappa shape index (κ1) is 58.1. The zero-order chi connectivity index (χ0) is 43.5. The maximum atomic E-state index is 12.2. The second kappa shape index (κ2) is 51.5. The van der Waals surface area contributed by atoms with Gasteiger partial charge in [-0.15, -0.1) is 0 Å². The number of aliphatic hydroxyl groups is 1. The van der Waals surface area contributed by atoms with Gasteiger partial charge in [-0.05, 0) is 44.9 Å². The van der Waals surface area contributed by atoms with E-state index in [1.807, 2.05) is 0 Å². The molecular formula is C55H102O5. The molecule has 60 heavy (non-hydrogen) atoms. The highest BCUT2D eigenvalue weighted by molar-refractivity contribution is 5.70. The Morgan fingerprint density at radius 1 is 0.400 bits per heavy atom. The smallest absolute Gasteiger partial charge is 0.306 e. The lowest BCUT2D eigenvalue weighted by atomic mass is 10.0. The van der Waals surface area contributed by atoms with Crippen LogP contribution < -0.4 is 0 Å². The third-order valence-corrected chi connectivity index (χ3v) is 11.9. The molecule has 0 aromatic heterocycles. The predicted octanol–water partition coefficient (Wildman–Crippen LogP) is 17.5. The average Bonchev–Trinajstić information content (AvgIpc) is 3.25. The third kappa shape index (κ3) is 48.8. The quantitative estimate of drug-likeness (QED) is 0.0375. The van der Waals surface area contributed by atoms with Crippen molar-refractivity contribution in [2.75, 3.05) is 13.2 Å². The Bertz CT molecular complexity index is 955. The van der Waals surface area contributed by atoms with Gasteiger partial charge in [0.15, 0.2) is 6.10 Å². The van der Waals surface area contributed by atoms with Gasteiger partial charge < -0.3 is 14.6 Å². The van der Waals surface area contributed by atoms with E-state index in [2.05, 4.69) is 50.3 Å². The molecule has 5 nitrogen and oxygen atoms in total. The van der Waals surface area contributed by atoms with E-state index in [-0.39, 0.29) is 25.2 Å². The zero-order valence-corrected chi connectivity index (χ0v) is 40.2. The maximum Gasteiger partial charge on any atom is 0.306 e. The van der Waals surface area contributed by atoms with Crippen LogP contribution in [-0.4, -0.2) is 36.4 Å². The summed E-state index contributed by atoms with van der Waals surface area (Å²) < 4.78 is 10.6. The summed E-state index contributed by atoms with van der Waals surface area (Å²) in [7, 11) is 0. The van der Waals surface area contributed by atoms with Crippen LogP contribution >= 0.6 is 0 Å². The summed E-state index contributed by atoms with van der Waals surface area (Å²) in [4.78, 5) is 24.4. The van der Waals surface area contributed by atoms with Crippen molar-refractivity contribution in [3.63, 3.8) is 0 Å². The Morgan fingerprint density at radius 2 is 0.717 bits per heavy atom. The van der Waals surface area contributed by atoms with Gasteiger partial charge in [0.05, 0.1) is 6.61 Å². The molecule has 0 aliphatic heterocycles. The van der Waals surface area contributed by atoms with Gasteiger partial charge in [0.1, 0.15) is 6.61 Å². The molecule has 0 aliphatic carbocycles. The molecule has 0 rings (SSSR count). The highest BCUT2D eigenvalue weighted by Crippen LogP contribution is 2.17. The topological polar surface area (TPSA) is 72.8 Å². The first-order valence-corrected chi connectivity index (χ1v) is 26.5. The lowest BCUT2D eigenvalue weighted by Gasteiger charge is -2.15. The number of allylic oxidation sites excluding steroid dienone is 6. The molecular weight excluding hydrogens is 741 g/mol. The van der Waals surface area contributed by atoms with Crippen molar-refractivity contribution < 1.29 is 24.2 Å². The number of unbranched alkanes of at least 4 members (excludes halogenated alkanes) is 35. The minimum absolute atomic E-state index is 0.0745. The van der Waals surface area contributed by atoms with E-state index >= 15 is 0 Å². The Morgan fingerprint density at radius 3 is 1.08 bits per heavy atom. The van der Waals surface area contributed by atoms with Crippen molar-refractivity contribution in [3.05, 3.63) is 36.5 Å². The molecule has 0 fully saturated rings. The van der Waals surface area contributed by atoms with Crippen LogP contribution in [0, 0.1) is 0 Å². The monoisotopic (exact) mass is 843 g/mol. The summed E-state index contributed by atoms with van der Waals surface area (Å²) in [5.41, 5.74) is 0. The number of carbonyl (C=O) groups is 2. The molecule has 0 radical (unpaired) electrons. The van der Waals surface area contributed by atoms with Gasteiger partial charge in [-0.2, -0.15) is 0 Å². The number of aliphatic hydroxyl groups excluding tert-OH is 1. The molecule has 0 saturated heterocycles. The normalized spacial score (nSPS) is 12.4. The van der Waals surface area contributed by atoms with Gasteiger partial charge in [-0.1, -0.05) is 262 Å². The summed E-state index contributed by atoms with van der Waals surface area (Å²) >= 11 is 0. The van der Waals surface area contributed by atoms with Gasteiger partial charge in [0, 0.05) is 12.8 Å². The third-order valence-electron chi connectivity index (χ3n) is 11.9. The largest absolute Gasteiger partial charge is 0.462 e. The minimum Gasteiger partial charge on any atom is -0.462 e. The molecule has 0 spiro atoms. The van der Waals surface area contributed by atoms with E-state index in [0.29, 0.717) is 12.8 Å². The Labute approximate surface area is 374 Å². The molecule has 0 aliphatic rings. The van der Waals surface area contributed by atoms with E-state index < -0.39 is 6.10 Å². The predicted molar refractivity (Wildman–Crippen MR) is 261 cm³/mol. The van der Waals surface area contributed by atoms with E-state index in [1.165, 1.54) is 193 Å². The summed E-state index contributed by atoms with van der Waals surface area (Å²) in [6, 6.07) is 0. The van der Waals surface area contributed by atoms with Crippen molar-refractivity contribution in [1.82, 2.24) is 0 Å². The Kier molecular flexibility index (Phi) is 49.9. The van der Waals surface area contributed by atoms with Gasteiger partial charge >= 0.3 is 11.9 Å². The number of hydrogen-bond acceptors (Lipinski definition) is 5. The fourth-order valence-corrected chi connectivity index (χ4v) is 7.98. The molecule has 0 aromatic carbocycles. The Hall–Kier alpha value is -1.88. The number of hydrogen-bond donors (Lipinski definition) is 1. The zero-order valence-electron chi connectivity index (χ0n) is 40.2. The summed E-state index contributed by atoms with van der Waals surface area (Å²) in [6.45, 7) is 4.03. The van der Waals surface area contributed by atoms with Crippen LogP contribution in [-0.2, 0) is 19.1 Å². The van der Waals surface area contributed by atoms with Gasteiger partial charge in [-0.3, -0.25) is 9.59 Å². The van der Waals surface area contributed by atoms with Crippen molar-refractivity contribution in [3.8, 4) is 0 Å². The Balaban J connectivity index is 3.38. The van der Waals surface area contributed by atoms with Crippen molar-refractivity contribution in [2.24, 2.45) is 0 Å². The van der Waals surface area contributed by atoms with E-state index in [9.17, 15) is 14.7 Å². The lowest BCUT2D eigenvalue weighted by molar-refractivity contribution is -0.161. The lowest BCUT2D eigenvalue weighted by Crippen LogP contribution is -2.28. The number of rotatable bonds is 49. The highest BCUT2D eigenvalue weighted by atomic mass is 16.6. The summed E-state index contributed by atoms with van der Waals surface area (Å²) in [5.74, 6) is -0.614. The molecule has 1 atom stereocenters. The van der Waals surface area contributed by atoms with Crippen LogP contribution in [0.25, 0.3) is 0 Å². The van der Waals surface area contributed by atoms with E-state index in [0.717, 1.165) is 64.2 Å². The number of carbonyl (C=O) groups excluding carboxylic acids is 2. The van der Waals surface area contributed by atoms with Crippen LogP contribution in [0.15, 0.2) is 36.5 Å². The second-order valence-corrected chi connectivity index (χ2v) is 17.9. The summed E-state index contributed by atoms with van der Waals surface area (Å²) in [5, 5.41) is 9.59. The molecule has 0 heterocycles. The number of esters is 2. The fraction of sp³-hybridized carbons (Fsp3) is 0.855. The van der Waals surface area contributed by atoms with Crippen LogP contribution in [0.1, 0.15) is 284 Å². The second-order valence-electron chi connectivity index (χ2n) is 17.9. The fourth-order valence-electron chi connectivity index (χ4n) is 7.98. The van der Waals surface area contributed by atoms with E-state index in [4.69, 9.17) is 9.47 Å². The standard InChI is InChI=1S/C55H102O5/c1-3-5-7-9-11-13-15-17-18-19-20-21-22-23-24-25-26-27-28-29-30-31-32-33-34-35-36-38-39-41-43-45-47-49-54(57)59-52-53(51-56)60-55(58)50-48-46-44-42-40-37-16-14-12-10-8-6-4-2/h6,8,12,14,37,40,53,56H,3-5,7,9-11,13,15-36,38-39,41-52H2,1-2H3/b8-6-,14-12-,40-37-. The van der Waals surface area contributed by atoms with E-state index in [1.54, 1.807) is 0 Å². The summed E-state index contributed by atoms with van der Waals surface area (Å²) in [6.07, 6.45) is 65.7. The first-order valence-electron chi connectivity index (χ1n) is 26.5. The van der Waals surface area contributed by atoms with Gasteiger partial charge in [0.25, 0.3) is 0 Å². The average molecular weight is 843 g/mol. The van der Waals surface area contributed by atoms with Gasteiger partial charge in [0.2, 0.25) is 0 Å². The SMILES string of the molecule is CC/C=C\C/C=C\C/C=C\CCCCCC(=O)OC(CO)COC(=O)CCCCCCCCCCCCCCCCCCCCCCCCCCCCCCCCCCC. The van der Waals surface area contributed by atoms with Crippen molar-refractivity contribution in [1.29, 1.82) is 0 Å². The maximum absolute atomic E-state index is 12.2. The molecule has 5 heteroatoms. The van der Waals surface area contributed by atoms with Crippen LogP contribution in [0.3, 0.4) is 0 Å². The van der Waals surface area contributed by atoms with Crippen molar-refractivity contribution in [2.45, 2.75) is 290 Å². The molecule has 352 valence electrons. The number of ether oxygens (including phenoxy) is 2. The molecule has 1 unspecified atom stereocenters. The van der Waals surface area contributed by atoms with Crippen LogP contribution in [0.5, 0.6) is 0 Å². The molecule has 0 aromatic rings. The molecule has 1 N–H and O–H groups in total. The molecule has 0 bridgehead atoms. The highest BCUT2D eigenvalue weighted by Gasteiger charge is 2.16. The molecule has 0 amide bonds. The van der Waals surface area contributed by atoms with Gasteiger partial charge in [-0.25, -0.2) is 0 Å². The minimum atomic E-state index is -0.784. The van der Waals surface area contributed by atoms with Crippen LogP contribution in [0.4, 0.5) is 0 Å². The molecule has 0 saturated carbocycles. The van der Waals surface area contributed by atoms with Crippen LogP contribution in [0.2, 0.25) is 0 Å². The van der Waals surface area contributed by atoms with Crippen molar-refractivity contribution >= 4 is 11.9 Å². The first-order chi connectivity index (χ1) is 29.6.